The molecule has 4 aromatic carbocycles. The second-order valence-corrected chi connectivity index (χ2v) is 14.8. The van der Waals surface area contributed by atoms with Crippen LogP contribution < -0.4 is 20.4 Å². The summed E-state index contributed by atoms with van der Waals surface area (Å²) in [4.78, 5) is 0. The topological polar surface area (TPSA) is 46.2 Å². The quantitative estimate of drug-likeness (QED) is 0.139. The van der Waals surface area contributed by atoms with Crippen molar-refractivity contribution < 1.29 is 23.4 Å². The summed E-state index contributed by atoms with van der Waals surface area (Å²) < 4.78 is 32.2. The van der Waals surface area contributed by atoms with Gasteiger partial charge in [0, 0.05) is 0 Å². The molecule has 1 aliphatic rings. The maximum absolute atomic E-state index is 6.82. The molecular weight excluding hydrogens is 582 g/mol. The van der Waals surface area contributed by atoms with Gasteiger partial charge in [0.15, 0.2) is 0 Å². The van der Waals surface area contributed by atoms with Crippen LogP contribution in [0, 0.1) is 12.3 Å². The van der Waals surface area contributed by atoms with E-state index >= 15 is 0 Å². The highest BCUT2D eigenvalue weighted by atomic mass is 16.7. The first-order valence-electron chi connectivity index (χ1n) is 16.7. The van der Waals surface area contributed by atoms with Crippen LogP contribution in [0.5, 0.6) is 11.5 Å². The van der Waals surface area contributed by atoms with E-state index in [-0.39, 0.29) is 12.3 Å². The van der Waals surface area contributed by atoms with Crippen molar-refractivity contribution in [3.05, 3.63) is 120 Å². The monoisotopic (exact) mass is 632 g/mol. The van der Waals surface area contributed by atoms with Gasteiger partial charge in [0.1, 0.15) is 24.7 Å². The SMILES string of the molecule is CB(OC(C)(C)C(C)(C)CC1(C)OB(c2ccc(OCc3ccc(C)cc3)cc2)OC1(C)C)c1ccc(OCc2ccccc2)cc1. The lowest BCUT2D eigenvalue weighted by Crippen LogP contribution is -2.55. The Kier molecular flexibility index (Phi) is 10.3. The van der Waals surface area contributed by atoms with Crippen LogP contribution >= 0.6 is 0 Å². The van der Waals surface area contributed by atoms with Gasteiger partial charge in [-0.05, 0) is 99.7 Å². The fraction of sp³-hybridized carbons (Fsp3) is 0.400. The molecule has 5 rings (SSSR count). The number of aryl methyl sites for hydroxylation is 1. The van der Waals surface area contributed by atoms with E-state index in [9.17, 15) is 0 Å². The Morgan fingerprint density at radius 3 is 1.79 bits per heavy atom. The minimum Gasteiger partial charge on any atom is -0.489 e. The lowest BCUT2D eigenvalue weighted by atomic mass is 9.60. The predicted octanol–water partition coefficient (Wildman–Crippen LogP) is 8.17. The van der Waals surface area contributed by atoms with E-state index < -0.39 is 23.9 Å². The highest BCUT2D eigenvalue weighted by Crippen LogP contribution is 2.49. The van der Waals surface area contributed by atoms with E-state index in [1.54, 1.807) is 0 Å². The molecule has 246 valence electrons. The van der Waals surface area contributed by atoms with E-state index in [0.29, 0.717) is 13.2 Å². The molecule has 5 nitrogen and oxygen atoms in total. The third-order valence-corrected chi connectivity index (χ3v) is 10.2. The van der Waals surface area contributed by atoms with Crippen LogP contribution in [0.4, 0.5) is 0 Å². The molecule has 1 heterocycles. The van der Waals surface area contributed by atoms with Crippen molar-refractivity contribution in [2.75, 3.05) is 0 Å². The Hall–Kier alpha value is -3.51. The predicted molar refractivity (Wildman–Crippen MR) is 194 cm³/mol. The van der Waals surface area contributed by atoms with Gasteiger partial charge in [-0.3, -0.25) is 0 Å². The molecule has 1 aliphatic heterocycles. The molecule has 0 bridgehead atoms. The van der Waals surface area contributed by atoms with Crippen LogP contribution in [0.3, 0.4) is 0 Å². The Labute approximate surface area is 283 Å². The third kappa shape index (κ3) is 8.32. The maximum Gasteiger partial charge on any atom is 0.494 e. The first-order chi connectivity index (χ1) is 22.2. The average Bonchev–Trinajstić information content (AvgIpc) is 3.27. The zero-order valence-electron chi connectivity index (χ0n) is 29.6. The van der Waals surface area contributed by atoms with Crippen molar-refractivity contribution in [1.82, 2.24) is 0 Å². The first kappa shape index (κ1) is 34.8. The van der Waals surface area contributed by atoms with Crippen molar-refractivity contribution in [3.8, 4) is 11.5 Å². The fourth-order valence-corrected chi connectivity index (χ4v) is 6.06. The molecule has 0 radical (unpaired) electrons. The first-order valence-corrected chi connectivity index (χ1v) is 16.7. The molecule has 0 aromatic heterocycles. The standard InChI is InChI=1S/C40H50B2O5/c1-30-15-17-32(18-16-30)28-44-36-25-21-34(22-26-36)42-46-39(6,7)40(8,47-42)29-37(2,3)38(4,5)45-41(9)33-19-23-35(24-20-33)43-27-31-13-11-10-12-14-31/h10-26H,27-29H2,1-9H3. The normalized spacial score (nSPS) is 17.9. The van der Waals surface area contributed by atoms with Crippen molar-refractivity contribution in [3.63, 3.8) is 0 Å². The zero-order chi connectivity index (χ0) is 33.9. The number of hydrogen-bond acceptors (Lipinski definition) is 5. The Balaban J connectivity index is 1.19. The van der Waals surface area contributed by atoms with Crippen LogP contribution in [0.1, 0.15) is 71.6 Å². The smallest absolute Gasteiger partial charge is 0.489 e. The minimum atomic E-state index is -0.552. The largest absolute Gasteiger partial charge is 0.494 e. The Morgan fingerprint density at radius 2 is 1.21 bits per heavy atom. The van der Waals surface area contributed by atoms with E-state index in [4.69, 9.17) is 23.4 Å². The molecule has 0 aliphatic carbocycles. The minimum absolute atomic E-state index is 0.103. The molecule has 1 saturated heterocycles. The lowest BCUT2D eigenvalue weighted by molar-refractivity contribution is -0.0910. The van der Waals surface area contributed by atoms with E-state index in [2.05, 4.69) is 111 Å². The van der Waals surface area contributed by atoms with Crippen molar-refractivity contribution in [2.45, 2.75) is 98.7 Å². The second kappa shape index (κ2) is 13.9. The van der Waals surface area contributed by atoms with Crippen molar-refractivity contribution >= 4 is 25.0 Å². The second-order valence-electron chi connectivity index (χ2n) is 14.8. The highest BCUT2D eigenvalue weighted by Gasteiger charge is 2.58. The molecule has 0 saturated carbocycles. The van der Waals surface area contributed by atoms with Crippen LogP contribution in [0.2, 0.25) is 6.82 Å². The molecule has 0 amide bonds. The molecule has 1 fully saturated rings. The van der Waals surface area contributed by atoms with Gasteiger partial charge >= 0.3 is 14.0 Å². The summed E-state index contributed by atoms with van der Waals surface area (Å²) in [6, 6.07) is 34.9. The molecule has 7 heteroatoms. The van der Waals surface area contributed by atoms with Crippen molar-refractivity contribution in [2.24, 2.45) is 5.41 Å². The van der Waals surface area contributed by atoms with Crippen LogP contribution in [-0.2, 0) is 27.2 Å². The summed E-state index contributed by atoms with van der Waals surface area (Å²) in [5.41, 5.74) is 3.83. The molecule has 1 unspecified atom stereocenters. The Bertz CT molecular complexity index is 1580. The molecule has 0 spiro atoms. The fourth-order valence-electron chi connectivity index (χ4n) is 6.06. The van der Waals surface area contributed by atoms with E-state index in [1.807, 2.05) is 54.6 Å². The van der Waals surface area contributed by atoms with Gasteiger partial charge in [-0.1, -0.05) is 105 Å². The maximum atomic E-state index is 6.82. The summed E-state index contributed by atoms with van der Waals surface area (Å²) in [6.07, 6.45) is 0.743. The summed E-state index contributed by atoms with van der Waals surface area (Å²) in [5, 5.41) is 0. The van der Waals surface area contributed by atoms with Gasteiger partial charge in [0.25, 0.3) is 0 Å². The number of ether oxygens (including phenoxy) is 2. The van der Waals surface area contributed by atoms with Gasteiger partial charge in [-0.15, -0.1) is 0 Å². The van der Waals surface area contributed by atoms with Crippen molar-refractivity contribution in [1.29, 1.82) is 0 Å². The van der Waals surface area contributed by atoms with Gasteiger partial charge in [0.2, 0.25) is 0 Å². The molecule has 1 atom stereocenters. The summed E-state index contributed by atoms with van der Waals surface area (Å²) in [7, 11) is -0.470. The van der Waals surface area contributed by atoms with Gasteiger partial charge in [0.05, 0.1) is 16.8 Å². The molecule has 47 heavy (non-hydrogen) atoms. The summed E-state index contributed by atoms with van der Waals surface area (Å²) in [6.45, 7) is 20.5. The number of rotatable bonds is 13. The number of hydrogen-bond donors (Lipinski definition) is 0. The zero-order valence-corrected chi connectivity index (χ0v) is 29.6. The third-order valence-electron chi connectivity index (χ3n) is 10.2. The summed E-state index contributed by atoms with van der Waals surface area (Å²) in [5.74, 6) is 1.66. The molecule has 0 N–H and O–H groups in total. The van der Waals surface area contributed by atoms with Gasteiger partial charge in [-0.25, -0.2) is 0 Å². The van der Waals surface area contributed by atoms with Gasteiger partial charge < -0.3 is 23.4 Å². The van der Waals surface area contributed by atoms with Crippen LogP contribution in [0.15, 0.2) is 103 Å². The number of benzene rings is 4. The lowest BCUT2D eigenvalue weighted by Gasteiger charge is -2.49. The summed E-state index contributed by atoms with van der Waals surface area (Å²) >= 11 is 0. The average molecular weight is 632 g/mol. The highest BCUT2D eigenvalue weighted by molar-refractivity contribution is 6.66. The molecule has 4 aromatic rings. The van der Waals surface area contributed by atoms with Crippen LogP contribution in [0.25, 0.3) is 0 Å². The van der Waals surface area contributed by atoms with Crippen LogP contribution in [-0.4, -0.2) is 30.8 Å². The Morgan fingerprint density at radius 1 is 0.681 bits per heavy atom. The van der Waals surface area contributed by atoms with Gasteiger partial charge in [-0.2, -0.15) is 0 Å². The van der Waals surface area contributed by atoms with E-state index in [1.165, 1.54) is 5.56 Å². The molecular formula is C40H50B2O5. The van der Waals surface area contributed by atoms with E-state index in [0.717, 1.165) is 40.0 Å².